The second kappa shape index (κ2) is 8.05. The third kappa shape index (κ3) is 5.27. The minimum Gasteiger partial charge on any atom is -0.362 e. The molecule has 3 nitrogen and oxygen atoms in total. The van der Waals surface area contributed by atoms with Gasteiger partial charge in [0.1, 0.15) is 0 Å². The highest BCUT2D eigenvalue weighted by molar-refractivity contribution is 7.80. The fourth-order valence-corrected chi connectivity index (χ4v) is 3.48. The molecule has 0 spiro atoms. The second-order valence-corrected chi connectivity index (χ2v) is 6.48. The zero-order chi connectivity index (χ0) is 13.5. The van der Waals surface area contributed by atoms with Gasteiger partial charge in [0, 0.05) is 12.6 Å². The summed E-state index contributed by atoms with van der Waals surface area (Å²) < 4.78 is 0. The first-order valence-electron chi connectivity index (χ1n) is 8.04. The summed E-state index contributed by atoms with van der Waals surface area (Å²) in [4.78, 5) is 2.54. The molecule has 0 radical (unpaired) electrons. The Morgan fingerprint density at radius 2 is 1.79 bits per heavy atom. The SMILES string of the molecule is CCN1CCC(CNC(=S)NC2CCCCC2)CC1. The second-order valence-electron chi connectivity index (χ2n) is 6.07. The summed E-state index contributed by atoms with van der Waals surface area (Å²) in [6, 6.07) is 0.621. The molecule has 1 saturated heterocycles. The van der Waals surface area contributed by atoms with Crippen LogP contribution in [0.25, 0.3) is 0 Å². The third-order valence-electron chi connectivity index (χ3n) is 4.65. The normalized spacial score (nSPS) is 23.2. The van der Waals surface area contributed by atoms with Crippen LogP contribution in [0.15, 0.2) is 0 Å². The van der Waals surface area contributed by atoms with Crippen LogP contribution in [0, 0.1) is 5.92 Å². The molecule has 1 aliphatic carbocycles. The van der Waals surface area contributed by atoms with Crippen LogP contribution in [-0.2, 0) is 0 Å². The van der Waals surface area contributed by atoms with Gasteiger partial charge in [0.25, 0.3) is 0 Å². The van der Waals surface area contributed by atoms with Crippen molar-refractivity contribution >= 4 is 17.3 Å². The number of thiocarbonyl (C=S) groups is 1. The highest BCUT2D eigenvalue weighted by Gasteiger charge is 2.19. The lowest BCUT2D eigenvalue weighted by molar-refractivity contribution is 0.193. The van der Waals surface area contributed by atoms with Crippen LogP contribution >= 0.6 is 12.2 Å². The Labute approximate surface area is 123 Å². The number of piperidine rings is 1. The Morgan fingerprint density at radius 3 is 2.42 bits per heavy atom. The maximum absolute atomic E-state index is 5.42. The summed E-state index contributed by atoms with van der Waals surface area (Å²) in [7, 11) is 0. The average molecular weight is 283 g/mol. The quantitative estimate of drug-likeness (QED) is 0.775. The van der Waals surface area contributed by atoms with Crippen molar-refractivity contribution < 1.29 is 0 Å². The molecule has 19 heavy (non-hydrogen) atoms. The molecule has 0 atom stereocenters. The predicted molar refractivity (Wildman–Crippen MR) is 85.4 cm³/mol. The molecule has 2 N–H and O–H groups in total. The summed E-state index contributed by atoms with van der Waals surface area (Å²) >= 11 is 5.42. The zero-order valence-electron chi connectivity index (χ0n) is 12.3. The maximum Gasteiger partial charge on any atom is 0.166 e. The molecule has 2 aliphatic rings. The lowest BCUT2D eigenvalue weighted by atomic mass is 9.95. The third-order valence-corrected chi connectivity index (χ3v) is 4.91. The van der Waals surface area contributed by atoms with Gasteiger partial charge in [0.2, 0.25) is 0 Å². The summed E-state index contributed by atoms with van der Waals surface area (Å²) in [6.07, 6.45) is 9.31. The predicted octanol–water partition coefficient (Wildman–Crippen LogP) is 2.52. The molecule has 0 aromatic rings. The molecule has 1 saturated carbocycles. The van der Waals surface area contributed by atoms with E-state index in [0.29, 0.717) is 6.04 Å². The van der Waals surface area contributed by atoms with Crippen LogP contribution in [0.5, 0.6) is 0 Å². The Morgan fingerprint density at radius 1 is 1.11 bits per heavy atom. The number of rotatable bonds is 4. The fraction of sp³-hybridized carbons (Fsp3) is 0.933. The molecular weight excluding hydrogens is 254 g/mol. The largest absolute Gasteiger partial charge is 0.362 e. The van der Waals surface area contributed by atoms with Gasteiger partial charge in [0.15, 0.2) is 5.11 Å². The molecule has 1 aliphatic heterocycles. The van der Waals surface area contributed by atoms with Crippen LogP contribution < -0.4 is 10.6 Å². The number of nitrogens with one attached hydrogen (secondary N) is 2. The van der Waals surface area contributed by atoms with Gasteiger partial charge in [-0.15, -0.1) is 0 Å². The van der Waals surface area contributed by atoms with Crippen molar-refractivity contribution in [3.63, 3.8) is 0 Å². The molecule has 4 heteroatoms. The van der Waals surface area contributed by atoms with Crippen molar-refractivity contribution in [3.8, 4) is 0 Å². The van der Waals surface area contributed by atoms with E-state index in [1.807, 2.05) is 0 Å². The lowest BCUT2D eigenvalue weighted by Gasteiger charge is -2.31. The van der Waals surface area contributed by atoms with E-state index in [0.717, 1.165) is 17.6 Å². The molecule has 0 aromatic carbocycles. The van der Waals surface area contributed by atoms with Gasteiger partial charge in [-0.2, -0.15) is 0 Å². The van der Waals surface area contributed by atoms with Gasteiger partial charge in [-0.05, 0) is 63.5 Å². The van der Waals surface area contributed by atoms with Crippen LogP contribution in [0.1, 0.15) is 51.9 Å². The number of nitrogens with zero attached hydrogens (tertiary/aromatic N) is 1. The number of hydrogen-bond donors (Lipinski definition) is 2. The maximum atomic E-state index is 5.42. The molecule has 1 heterocycles. The first-order chi connectivity index (χ1) is 9.28. The van der Waals surface area contributed by atoms with Crippen molar-refractivity contribution in [3.05, 3.63) is 0 Å². The van der Waals surface area contributed by atoms with Gasteiger partial charge < -0.3 is 15.5 Å². The zero-order valence-corrected chi connectivity index (χ0v) is 13.1. The van der Waals surface area contributed by atoms with Gasteiger partial charge >= 0.3 is 0 Å². The minimum atomic E-state index is 0.621. The first kappa shape index (κ1) is 15.0. The average Bonchev–Trinajstić information content (AvgIpc) is 2.47. The fourth-order valence-electron chi connectivity index (χ4n) is 3.23. The van der Waals surface area contributed by atoms with Crippen LogP contribution in [0.4, 0.5) is 0 Å². The van der Waals surface area contributed by atoms with Crippen LogP contribution in [-0.4, -0.2) is 42.2 Å². The molecule has 2 fully saturated rings. The summed E-state index contributed by atoms with van der Waals surface area (Å²) in [5, 5.41) is 7.80. The van der Waals surface area contributed by atoms with E-state index >= 15 is 0 Å². The molecule has 0 aromatic heterocycles. The Balaban J connectivity index is 1.58. The lowest BCUT2D eigenvalue weighted by Crippen LogP contribution is -2.45. The smallest absolute Gasteiger partial charge is 0.166 e. The van der Waals surface area contributed by atoms with Gasteiger partial charge in [-0.3, -0.25) is 0 Å². The standard InChI is InChI=1S/C15H29N3S/c1-2-18-10-8-13(9-11-18)12-16-15(19)17-14-6-4-3-5-7-14/h13-14H,2-12H2,1H3,(H2,16,17,19). The number of likely N-dealkylation sites (tertiary alicyclic amines) is 1. The molecule has 0 amide bonds. The van der Waals surface area contributed by atoms with E-state index in [9.17, 15) is 0 Å². The van der Waals surface area contributed by atoms with E-state index in [-0.39, 0.29) is 0 Å². The Kier molecular flexibility index (Phi) is 6.38. The highest BCUT2D eigenvalue weighted by atomic mass is 32.1. The highest BCUT2D eigenvalue weighted by Crippen LogP contribution is 2.18. The molecule has 0 unspecified atom stereocenters. The Bertz CT molecular complexity index is 269. The van der Waals surface area contributed by atoms with E-state index in [1.54, 1.807) is 0 Å². The van der Waals surface area contributed by atoms with Crippen molar-refractivity contribution in [1.82, 2.24) is 15.5 Å². The van der Waals surface area contributed by atoms with Crippen molar-refractivity contribution in [2.24, 2.45) is 5.92 Å². The van der Waals surface area contributed by atoms with E-state index in [2.05, 4.69) is 22.5 Å². The molecule has 110 valence electrons. The van der Waals surface area contributed by atoms with Gasteiger partial charge in [-0.1, -0.05) is 26.2 Å². The molecule has 2 rings (SSSR count). The van der Waals surface area contributed by atoms with Crippen molar-refractivity contribution in [2.75, 3.05) is 26.2 Å². The van der Waals surface area contributed by atoms with Crippen molar-refractivity contribution in [1.29, 1.82) is 0 Å². The summed E-state index contributed by atoms with van der Waals surface area (Å²) in [5.74, 6) is 0.800. The summed E-state index contributed by atoms with van der Waals surface area (Å²) in [5.41, 5.74) is 0. The van der Waals surface area contributed by atoms with Gasteiger partial charge in [0.05, 0.1) is 0 Å². The summed E-state index contributed by atoms with van der Waals surface area (Å²) in [6.45, 7) is 7.01. The Hall–Kier alpha value is -0.350. The molecular formula is C15H29N3S. The first-order valence-corrected chi connectivity index (χ1v) is 8.45. The van der Waals surface area contributed by atoms with Crippen LogP contribution in [0.3, 0.4) is 0 Å². The monoisotopic (exact) mass is 283 g/mol. The minimum absolute atomic E-state index is 0.621. The van der Waals surface area contributed by atoms with E-state index in [1.165, 1.54) is 64.6 Å². The van der Waals surface area contributed by atoms with Gasteiger partial charge in [-0.25, -0.2) is 0 Å². The van der Waals surface area contributed by atoms with E-state index < -0.39 is 0 Å². The topological polar surface area (TPSA) is 27.3 Å². The number of hydrogen-bond acceptors (Lipinski definition) is 2. The van der Waals surface area contributed by atoms with E-state index in [4.69, 9.17) is 12.2 Å². The van der Waals surface area contributed by atoms with Crippen molar-refractivity contribution in [2.45, 2.75) is 57.9 Å². The molecule has 0 bridgehead atoms. The van der Waals surface area contributed by atoms with Crippen LogP contribution in [0.2, 0.25) is 0 Å².